The summed E-state index contributed by atoms with van der Waals surface area (Å²) in [5, 5.41) is 3.40. The van der Waals surface area contributed by atoms with Crippen LogP contribution in [-0.4, -0.2) is 56.4 Å². The van der Waals surface area contributed by atoms with E-state index in [1.54, 1.807) is 0 Å². The van der Waals surface area contributed by atoms with Gasteiger partial charge in [-0.15, -0.1) is 0 Å². The van der Waals surface area contributed by atoms with Crippen molar-refractivity contribution in [1.29, 1.82) is 0 Å². The predicted molar refractivity (Wildman–Crippen MR) is 72.4 cm³/mol. The van der Waals surface area contributed by atoms with Crippen LogP contribution in [0.4, 0.5) is 0 Å². The first kappa shape index (κ1) is 13.4. The van der Waals surface area contributed by atoms with E-state index >= 15 is 0 Å². The molecule has 5 nitrogen and oxygen atoms in total. The largest absolute Gasteiger partial charge is 0.339 e. The zero-order valence-electron chi connectivity index (χ0n) is 11.3. The lowest BCUT2D eigenvalue weighted by Crippen LogP contribution is -2.43. The van der Waals surface area contributed by atoms with Gasteiger partial charge in [0.1, 0.15) is 0 Å². The van der Waals surface area contributed by atoms with Crippen molar-refractivity contribution in [2.24, 2.45) is 17.8 Å². The van der Waals surface area contributed by atoms with Crippen molar-refractivity contribution in [3.63, 3.8) is 0 Å². The van der Waals surface area contributed by atoms with E-state index < -0.39 is 9.84 Å². The molecule has 0 aromatic carbocycles. The third-order valence-electron chi connectivity index (χ3n) is 5.00. The standard InChI is InChI=1S/C13H22N2O3S/c1-2-12-11-6-14-5-10(11)7-15(12)13(16)9-3-4-19(17,18)8-9/h9-12,14H,2-8H2,1H3. The number of nitrogens with one attached hydrogen (secondary N) is 1. The fourth-order valence-electron chi connectivity index (χ4n) is 4.02. The van der Waals surface area contributed by atoms with E-state index in [1.807, 2.05) is 4.90 Å². The van der Waals surface area contributed by atoms with Crippen molar-refractivity contribution in [3.8, 4) is 0 Å². The number of sulfone groups is 1. The highest BCUT2D eigenvalue weighted by atomic mass is 32.2. The highest BCUT2D eigenvalue weighted by Crippen LogP contribution is 2.36. The van der Waals surface area contributed by atoms with Crippen LogP contribution in [0.1, 0.15) is 19.8 Å². The average molecular weight is 286 g/mol. The van der Waals surface area contributed by atoms with Crippen LogP contribution < -0.4 is 5.32 Å². The maximum absolute atomic E-state index is 12.6. The minimum absolute atomic E-state index is 0.0619. The van der Waals surface area contributed by atoms with Crippen LogP contribution in [0.2, 0.25) is 0 Å². The van der Waals surface area contributed by atoms with Gasteiger partial charge in [-0.25, -0.2) is 8.42 Å². The number of hydrogen-bond donors (Lipinski definition) is 1. The molecule has 108 valence electrons. The van der Waals surface area contributed by atoms with Crippen molar-refractivity contribution in [3.05, 3.63) is 0 Å². The molecule has 6 heteroatoms. The molecule has 0 aromatic rings. The molecular weight excluding hydrogens is 264 g/mol. The van der Waals surface area contributed by atoms with Crippen LogP contribution in [0.3, 0.4) is 0 Å². The number of amides is 1. The van der Waals surface area contributed by atoms with E-state index in [9.17, 15) is 13.2 Å². The topological polar surface area (TPSA) is 66.5 Å². The van der Waals surface area contributed by atoms with Crippen LogP contribution in [0.15, 0.2) is 0 Å². The molecule has 3 aliphatic rings. The Hall–Kier alpha value is -0.620. The van der Waals surface area contributed by atoms with E-state index in [2.05, 4.69) is 12.2 Å². The zero-order valence-corrected chi connectivity index (χ0v) is 12.2. The van der Waals surface area contributed by atoms with Crippen LogP contribution >= 0.6 is 0 Å². The molecule has 0 spiro atoms. The smallest absolute Gasteiger partial charge is 0.227 e. The molecule has 1 N–H and O–H groups in total. The lowest BCUT2D eigenvalue weighted by atomic mass is 9.92. The Labute approximate surface area is 114 Å². The summed E-state index contributed by atoms with van der Waals surface area (Å²) in [5.41, 5.74) is 0. The van der Waals surface area contributed by atoms with Crippen molar-refractivity contribution >= 4 is 15.7 Å². The van der Waals surface area contributed by atoms with E-state index in [0.29, 0.717) is 24.3 Å². The molecule has 4 atom stereocenters. The molecule has 4 unspecified atom stereocenters. The normalized spacial score (nSPS) is 40.6. The van der Waals surface area contributed by atoms with Crippen molar-refractivity contribution in [1.82, 2.24) is 10.2 Å². The van der Waals surface area contributed by atoms with Crippen LogP contribution in [-0.2, 0) is 14.6 Å². The second-order valence-corrected chi connectivity index (χ2v) is 8.38. The summed E-state index contributed by atoms with van der Waals surface area (Å²) in [6, 6.07) is 0.302. The molecule has 0 saturated carbocycles. The maximum atomic E-state index is 12.6. The molecule has 0 bridgehead atoms. The summed E-state index contributed by atoms with van der Waals surface area (Å²) >= 11 is 0. The summed E-state index contributed by atoms with van der Waals surface area (Å²) in [6.45, 7) is 4.92. The highest BCUT2D eigenvalue weighted by molar-refractivity contribution is 7.91. The van der Waals surface area contributed by atoms with E-state index in [-0.39, 0.29) is 23.3 Å². The minimum atomic E-state index is -2.97. The number of fused-ring (bicyclic) bond motifs is 1. The molecule has 1 amide bonds. The van der Waals surface area contributed by atoms with Gasteiger partial charge in [-0.05, 0) is 24.7 Å². The lowest BCUT2D eigenvalue weighted by Gasteiger charge is -2.29. The number of carbonyl (C=O) groups is 1. The third kappa shape index (κ3) is 2.29. The number of nitrogens with zero attached hydrogens (tertiary/aromatic N) is 1. The van der Waals surface area contributed by atoms with Crippen LogP contribution in [0, 0.1) is 17.8 Å². The summed E-state index contributed by atoms with van der Waals surface area (Å²) < 4.78 is 23.1. The van der Waals surface area contributed by atoms with Gasteiger partial charge >= 0.3 is 0 Å². The number of rotatable bonds is 2. The summed E-state index contributed by atoms with van der Waals surface area (Å²) in [7, 11) is -2.97. The lowest BCUT2D eigenvalue weighted by molar-refractivity contribution is -0.136. The SMILES string of the molecule is CCC1C2CNCC2CN1C(=O)C1CCS(=O)(=O)C1. The number of carbonyl (C=O) groups excluding carboxylic acids is 1. The second-order valence-electron chi connectivity index (χ2n) is 6.15. The Bertz CT molecular complexity index is 476. The molecule has 0 radical (unpaired) electrons. The predicted octanol–water partition coefficient (Wildman–Crippen LogP) is -0.122. The number of likely N-dealkylation sites (tertiary alicyclic amines) is 1. The van der Waals surface area contributed by atoms with Gasteiger partial charge in [-0.2, -0.15) is 0 Å². The van der Waals surface area contributed by atoms with Gasteiger partial charge in [0.05, 0.1) is 17.4 Å². The summed E-state index contributed by atoms with van der Waals surface area (Å²) in [4.78, 5) is 14.6. The Morgan fingerprint density at radius 1 is 1.37 bits per heavy atom. The first-order valence-electron chi connectivity index (χ1n) is 7.23. The van der Waals surface area contributed by atoms with Crippen molar-refractivity contribution < 1.29 is 13.2 Å². The Balaban J connectivity index is 1.73. The highest BCUT2D eigenvalue weighted by Gasteiger charge is 2.47. The van der Waals surface area contributed by atoms with Gasteiger partial charge in [0.2, 0.25) is 5.91 Å². The molecule has 19 heavy (non-hydrogen) atoms. The van der Waals surface area contributed by atoms with Gasteiger partial charge in [-0.1, -0.05) is 6.92 Å². The molecule has 3 aliphatic heterocycles. The van der Waals surface area contributed by atoms with Crippen molar-refractivity contribution in [2.45, 2.75) is 25.8 Å². The van der Waals surface area contributed by atoms with Crippen LogP contribution in [0.5, 0.6) is 0 Å². The first-order valence-corrected chi connectivity index (χ1v) is 9.05. The van der Waals surface area contributed by atoms with E-state index in [1.165, 1.54) is 0 Å². The second kappa shape index (κ2) is 4.74. The molecule has 3 fully saturated rings. The van der Waals surface area contributed by atoms with Crippen molar-refractivity contribution in [2.75, 3.05) is 31.1 Å². The summed E-state index contributed by atoms with van der Waals surface area (Å²) in [6.07, 6.45) is 1.48. The van der Waals surface area contributed by atoms with E-state index in [4.69, 9.17) is 0 Å². The fraction of sp³-hybridized carbons (Fsp3) is 0.923. The Kier molecular flexibility index (Phi) is 3.33. The first-order chi connectivity index (χ1) is 9.02. The molecule has 0 aromatic heterocycles. The molecule has 3 heterocycles. The summed E-state index contributed by atoms with van der Waals surface area (Å²) in [5.74, 6) is 1.17. The van der Waals surface area contributed by atoms with Gasteiger partial charge in [0, 0.05) is 25.7 Å². The third-order valence-corrected chi connectivity index (χ3v) is 6.77. The maximum Gasteiger partial charge on any atom is 0.227 e. The monoisotopic (exact) mass is 286 g/mol. The Morgan fingerprint density at radius 3 is 2.79 bits per heavy atom. The minimum Gasteiger partial charge on any atom is -0.339 e. The fourth-order valence-corrected chi connectivity index (χ4v) is 5.76. The molecule has 3 saturated heterocycles. The van der Waals surface area contributed by atoms with Gasteiger partial charge < -0.3 is 10.2 Å². The van der Waals surface area contributed by atoms with E-state index in [0.717, 1.165) is 26.1 Å². The van der Waals surface area contributed by atoms with Gasteiger partial charge in [-0.3, -0.25) is 4.79 Å². The van der Waals surface area contributed by atoms with Gasteiger partial charge in [0.15, 0.2) is 9.84 Å². The molecule has 3 rings (SSSR count). The number of hydrogen-bond acceptors (Lipinski definition) is 4. The van der Waals surface area contributed by atoms with Crippen LogP contribution in [0.25, 0.3) is 0 Å². The quantitative estimate of drug-likeness (QED) is 0.768. The van der Waals surface area contributed by atoms with Gasteiger partial charge in [0.25, 0.3) is 0 Å². The average Bonchev–Trinajstić information content (AvgIpc) is 3.00. The molecular formula is C13H22N2O3S. The Morgan fingerprint density at radius 2 is 2.16 bits per heavy atom. The zero-order chi connectivity index (χ0) is 13.6. The molecule has 0 aliphatic carbocycles.